The molecule has 1 aromatic carbocycles. The normalized spacial score (nSPS) is 16.6. The molecule has 176 valence electrons. The second-order valence-electron chi connectivity index (χ2n) is 8.62. The van der Waals surface area contributed by atoms with Crippen LogP contribution in [0.4, 0.5) is 10.2 Å². The molecule has 1 saturated heterocycles. The first kappa shape index (κ1) is 22.4. The van der Waals surface area contributed by atoms with Gasteiger partial charge in [-0.05, 0) is 57.0 Å². The highest BCUT2D eigenvalue weighted by atomic mass is 32.2. The van der Waals surface area contributed by atoms with Gasteiger partial charge in [-0.15, -0.1) is 0 Å². The highest BCUT2D eigenvalue weighted by molar-refractivity contribution is 7.90. The first-order valence-electron chi connectivity index (χ1n) is 11.1. The molecule has 3 aromatic heterocycles. The third-order valence-electron chi connectivity index (χ3n) is 5.95. The Morgan fingerprint density at radius 1 is 1.12 bits per heavy atom. The molecule has 1 atom stereocenters. The standard InChI is InChI=1S/C24H25FN6O2S/c1-15-5-7-18(8-6-15)34(32,33)31-14-20(19-10-16(2)11-28-24(19)31)22-27-13-21(25)23(30-22)29-17-4-3-9-26-12-17/h5-8,10-11,13-14,17,26H,3-4,9,12H2,1-2H3,(H,27,29,30). The Balaban J connectivity index is 1.63. The fourth-order valence-electron chi connectivity index (χ4n) is 4.14. The summed E-state index contributed by atoms with van der Waals surface area (Å²) >= 11 is 0. The number of nitrogens with one attached hydrogen (secondary N) is 2. The number of aryl methyl sites for hydroxylation is 2. The van der Waals surface area contributed by atoms with E-state index in [0.29, 0.717) is 10.9 Å². The van der Waals surface area contributed by atoms with Gasteiger partial charge in [0.1, 0.15) is 0 Å². The van der Waals surface area contributed by atoms with E-state index in [1.807, 2.05) is 19.9 Å². The van der Waals surface area contributed by atoms with Gasteiger partial charge in [-0.1, -0.05) is 17.7 Å². The monoisotopic (exact) mass is 480 g/mol. The van der Waals surface area contributed by atoms with Crippen LogP contribution in [0.5, 0.6) is 0 Å². The van der Waals surface area contributed by atoms with Gasteiger partial charge in [0.25, 0.3) is 10.0 Å². The lowest BCUT2D eigenvalue weighted by Crippen LogP contribution is -2.38. The molecule has 0 radical (unpaired) electrons. The zero-order valence-corrected chi connectivity index (χ0v) is 19.7. The van der Waals surface area contributed by atoms with Crippen molar-refractivity contribution in [3.8, 4) is 11.4 Å². The van der Waals surface area contributed by atoms with Gasteiger partial charge in [0.15, 0.2) is 23.1 Å². The molecule has 1 aliphatic rings. The predicted octanol–water partition coefficient (Wildman–Crippen LogP) is 3.65. The molecule has 1 fully saturated rings. The number of hydrogen-bond acceptors (Lipinski definition) is 7. The zero-order valence-electron chi connectivity index (χ0n) is 18.9. The highest BCUT2D eigenvalue weighted by Gasteiger charge is 2.25. The molecule has 0 aliphatic carbocycles. The Labute approximate surface area is 197 Å². The van der Waals surface area contributed by atoms with Crippen LogP contribution in [0.1, 0.15) is 24.0 Å². The SMILES string of the molecule is Cc1ccc(S(=O)(=O)n2cc(-c3ncc(F)c(NC4CCCNC4)n3)c3cc(C)cnc32)cc1. The lowest BCUT2D eigenvalue weighted by molar-refractivity contribution is 0.476. The van der Waals surface area contributed by atoms with Crippen LogP contribution in [0.3, 0.4) is 0 Å². The molecule has 4 heterocycles. The fraction of sp³-hybridized carbons (Fsp3) is 0.292. The van der Waals surface area contributed by atoms with Crippen molar-refractivity contribution in [3.05, 3.63) is 65.9 Å². The van der Waals surface area contributed by atoms with Crippen molar-refractivity contribution in [3.63, 3.8) is 0 Å². The van der Waals surface area contributed by atoms with Crippen LogP contribution in [-0.2, 0) is 10.0 Å². The van der Waals surface area contributed by atoms with E-state index < -0.39 is 15.8 Å². The Hall–Kier alpha value is -3.37. The summed E-state index contributed by atoms with van der Waals surface area (Å²) in [7, 11) is -3.92. The molecule has 34 heavy (non-hydrogen) atoms. The Morgan fingerprint density at radius 2 is 1.91 bits per heavy atom. The van der Waals surface area contributed by atoms with E-state index in [1.165, 1.54) is 6.20 Å². The summed E-state index contributed by atoms with van der Waals surface area (Å²) in [5.74, 6) is -0.232. The van der Waals surface area contributed by atoms with E-state index in [9.17, 15) is 12.8 Å². The maximum Gasteiger partial charge on any atom is 0.269 e. The minimum absolute atomic E-state index is 0.0539. The van der Waals surface area contributed by atoms with E-state index in [2.05, 4.69) is 25.6 Å². The van der Waals surface area contributed by atoms with Crippen molar-refractivity contribution in [2.75, 3.05) is 18.4 Å². The quantitative estimate of drug-likeness (QED) is 0.450. The van der Waals surface area contributed by atoms with Gasteiger partial charge in [-0.3, -0.25) is 0 Å². The summed E-state index contributed by atoms with van der Waals surface area (Å²) in [5.41, 5.74) is 2.54. The average Bonchev–Trinajstić information content (AvgIpc) is 3.21. The summed E-state index contributed by atoms with van der Waals surface area (Å²) in [4.78, 5) is 13.2. The van der Waals surface area contributed by atoms with Crippen LogP contribution in [-0.4, -0.2) is 46.5 Å². The molecule has 5 rings (SSSR count). The Morgan fingerprint density at radius 3 is 2.65 bits per heavy atom. The topological polar surface area (TPSA) is 102 Å². The van der Waals surface area contributed by atoms with Gasteiger partial charge >= 0.3 is 0 Å². The first-order valence-corrected chi connectivity index (χ1v) is 12.6. The van der Waals surface area contributed by atoms with Gasteiger partial charge in [0.05, 0.1) is 11.1 Å². The number of nitrogens with zero attached hydrogens (tertiary/aromatic N) is 4. The van der Waals surface area contributed by atoms with E-state index in [-0.39, 0.29) is 28.2 Å². The first-order chi connectivity index (χ1) is 16.3. The molecule has 8 nitrogen and oxygen atoms in total. The summed E-state index contributed by atoms with van der Waals surface area (Å²) in [5, 5.41) is 7.02. The molecule has 1 unspecified atom stereocenters. The van der Waals surface area contributed by atoms with Crippen molar-refractivity contribution in [1.29, 1.82) is 0 Å². The summed E-state index contributed by atoms with van der Waals surface area (Å²) < 4.78 is 42.6. The van der Waals surface area contributed by atoms with Gasteiger partial charge in [0.2, 0.25) is 0 Å². The van der Waals surface area contributed by atoms with Crippen LogP contribution < -0.4 is 10.6 Å². The molecule has 10 heteroatoms. The molecule has 1 aliphatic heterocycles. The van der Waals surface area contributed by atoms with E-state index in [4.69, 9.17) is 0 Å². The smallest absolute Gasteiger partial charge is 0.269 e. The van der Waals surface area contributed by atoms with Crippen LogP contribution in [0.2, 0.25) is 0 Å². The molecule has 0 saturated carbocycles. The van der Waals surface area contributed by atoms with Crippen LogP contribution in [0, 0.1) is 19.7 Å². The molecule has 2 N–H and O–H groups in total. The van der Waals surface area contributed by atoms with Crippen molar-refractivity contribution in [1.82, 2.24) is 24.2 Å². The maximum absolute atomic E-state index is 14.5. The number of fused-ring (bicyclic) bond motifs is 1. The minimum Gasteiger partial charge on any atom is -0.364 e. The largest absolute Gasteiger partial charge is 0.364 e. The van der Waals surface area contributed by atoms with Crippen LogP contribution in [0.15, 0.2) is 53.8 Å². The Bertz CT molecular complexity index is 1460. The molecular formula is C24H25FN6O2S. The molecular weight excluding hydrogens is 455 g/mol. The number of benzene rings is 1. The van der Waals surface area contributed by atoms with Gasteiger partial charge in [-0.2, -0.15) is 0 Å². The van der Waals surface area contributed by atoms with Gasteiger partial charge in [0, 0.05) is 35.9 Å². The number of halogens is 1. The third kappa shape index (κ3) is 4.14. The summed E-state index contributed by atoms with van der Waals surface area (Å²) in [6, 6.07) is 8.52. The van der Waals surface area contributed by atoms with E-state index in [1.54, 1.807) is 30.5 Å². The molecule has 0 bridgehead atoms. The number of hydrogen-bond donors (Lipinski definition) is 2. The molecule has 4 aromatic rings. The van der Waals surface area contributed by atoms with Crippen LogP contribution in [0.25, 0.3) is 22.4 Å². The third-order valence-corrected chi connectivity index (χ3v) is 7.61. The second-order valence-corrected chi connectivity index (χ2v) is 10.4. The predicted molar refractivity (Wildman–Crippen MR) is 129 cm³/mol. The summed E-state index contributed by atoms with van der Waals surface area (Å²) in [6.45, 7) is 5.42. The minimum atomic E-state index is -3.92. The van der Waals surface area contributed by atoms with E-state index >= 15 is 0 Å². The van der Waals surface area contributed by atoms with Crippen molar-refractivity contribution in [2.24, 2.45) is 0 Å². The fourth-order valence-corrected chi connectivity index (χ4v) is 5.46. The van der Waals surface area contributed by atoms with Crippen molar-refractivity contribution >= 4 is 26.9 Å². The maximum atomic E-state index is 14.5. The van der Waals surface area contributed by atoms with Crippen molar-refractivity contribution < 1.29 is 12.8 Å². The van der Waals surface area contributed by atoms with Crippen molar-refractivity contribution in [2.45, 2.75) is 37.6 Å². The number of aromatic nitrogens is 4. The number of piperidine rings is 1. The zero-order chi connectivity index (χ0) is 23.9. The summed E-state index contributed by atoms with van der Waals surface area (Å²) in [6.07, 6.45) is 6.09. The van der Waals surface area contributed by atoms with Crippen LogP contribution >= 0.6 is 0 Å². The lowest BCUT2D eigenvalue weighted by Gasteiger charge is -2.24. The average molecular weight is 481 g/mol. The van der Waals surface area contributed by atoms with Gasteiger partial charge in [-0.25, -0.2) is 31.7 Å². The van der Waals surface area contributed by atoms with E-state index in [0.717, 1.165) is 47.2 Å². The number of anilines is 1. The number of rotatable bonds is 5. The number of pyridine rings is 1. The molecule has 0 spiro atoms. The highest BCUT2D eigenvalue weighted by Crippen LogP contribution is 2.32. The lowest BCUT2D eigenvalue weighted by atomic mass is 10.1. The second kappa shape index (κ2) is 8.77. The van der Waals surface area contributed by atoms with Gasteiger partial charge < -0.3 is 10.6 Å². The Kier molecular flexibility index (Phi) is 5.78. The molecule has 0 amide bonds.